The molecule has 0 saturated carbocycles. The standard InChI is InChI=1S/C7H15NO3S/c1-8(2,3)5-7(11,12)4-6(9)10/h11H,4-5H2,1-3H3,(H-,9,10,12). The molecular weight excluding hydrogens is 178 g/mol. The van der Waals surface area contributed by atoms with Gasteiger partial charge in [0, 0.05) is 12.4 Å². The highest BCUT2D eigenvalue weighted by Crippen LogP contribution is 2.17. The molecule has 1 N–H and O–H groups in total. The molecule has 0 rings (SSSR count). The Labute approximate surface area is 77.8 Å². The van der Waals surface area contributed by atoms with Crippen LogP contribution in [-0.2, 0) is 4.79 Å². The highest BCUT2D eigenvalue weighted by molar-refractivity contribution is 7.81. The number of hydrogen-bond acceptors (Lipinski definition) is 4. The molecule has 0 aromatic carbocycles. The number of carboxylic acid groups (broad SMARTS) is 1. The molecule has 0 aliphatic carbocycles. The number of nitrogens with zero attached hydrogens (tertiary/aromatic N) is 1. The molecule has 0 aromatic rings. The smallest absolute Gasteiger partial charge is 0.161 e. The van der Waals surface area contributed by atoms with E-state index in [1.165, 1.54) is 0 Å². The highest BCUT2D eigenvalue weighted by atomic mass is 32.1. The molecule has 12 heavy (non-hydrogen) atoms. The first-order valence-corrected chi connectivity index (χ1v) is 4.02. The predicted molar refractivity (Wildman–Crippen MR) is 46.5 cm³/mol. The third-order valence-corrected chi connectivity index (χ3v) is 1.45. The Morgan fingerprint density at radius 1 is 1.58 bits per heavy atom. The Hall–Kier alpha value is -0.260. The van der Waals surface area contributed by atoms with Gasteiger partial charge in [-0.3, -0.25) is 0 Å². The average molecular weight is 193 g/mol. The van der Waals surface area contributed by atoms with Crippen molar-refractivity contribution in [1.29, 1.82) is 0 Å². The topological polar surface area (TPSA) is 60.4 Å². The van der Waals surface area contributed by atoms with Crippen LogP contribution in [0.2, 0.25) is 0 Å². The number of rotatable bonds is 4. The Morgan fingerprint density at radius 3 is 2.25 bits per heavy atom. The minimum atomic E-state index is -1.49. The highest BCUT2D eigenvalue weighted by Gasteiger charge is 2.29. The minimum absolute atomic E-state index is 0.254. The van der Waals surface area contributed by atoms with Crippen molar-refractivity contribution in [3.8, 4) is 0 Å². The number of carbonyl (C=O) groups excluding carboxylic acids is 1. The van der Waals surface area contributed by atoms with E-state index in [9.17, 15) is 15.0 Å². The molecule has 0 aliphatic heterocycles. The van der Waals surface area contributed by atoms with Crippen LogP contribution in [0.15, 0.2) is 0 Å². The zero-order valence-corrected chi connectivity index (χ0v) is 8.47. The van der Waals surface area contributed by atoms with Crippen molar-refractivity contribution in [1.82, 2.24) is 0 Å². The van der Waals surface area contributed by atoms with Gasteiger partial charge in [0.1, 0.15) is 6.54 Å². The lowest BCUT2D eigenvalue weighted by molar-refractivity contribution is -0.874. The van der Waals surface area contributed by atoms with Crippen molar-refractivity contribution in [2.75, 3.05) is 27.7 Å². The summed E-state index contributed by atoms with van der Waals surface area (Å²) in [6, 6.07) is 0. The molecule has 0 heterocycles. The van der Waals surface area contributed by atoms with Crippen molar-refractivity contribution in [2.45, 2.75) is 11.4 Å². The van der Waals surface area contributed by atoms with E-state index in [0.29, 0.717) is 4.48 Å². The van der Waals surface area contributed by atoms with E-state index in [4.69, 9.17) is 0 Å². The SMILES string of the molecule is C[N+](C)(C)CC(O)(S)CC(=O)[O-]. The molecular formula is C7H15NO3S. The fourth-order valence-electron chi connectivity index (χ4n) is 1.05. The summed E-state index contributed by atoms with van der Waals surface area (Å²) in [4.78, 5) is 8.68. The monoisotopic (exact) mass is 193 g/mol. The lowest BCUT2D eigenvalue weighted by Crippen LogP contribution is -2.48. The number of quaternary nitrogens is 1. The quantitative estimate of drug-likeness (QED) is 0.323. The van der Waals surface area contributed by atoms with Crippen molar-refractivity contribution in [2.24, 2.45) is 0 Å². The molecule has 0 spiro atoms. The van der Waals surface area contributed by atoms with Gasteiger partial charge in [0.25, 0.3) is 0 Å². The fourth-order valence-corrected chi connectivity index (χ4v) is 1.60. The zero-order chi connectivity index (χ0) is 9.99. The summed E-state index contributed by atoms with van der Waals surface area (Å²) in [5.74, 6) is -1.29. The van der Waals surface area contributed by atoms with Gasteiger partial charge in [0.05, 0.1) is 21.1 Å². The van der Waals surface area contributed by atoms with Gasteiger partial charge in [-0.1, -0.05) is 0 Å². The van der Waals surface area contributed by atoms with Crippen LogP contribution in [0.4, 0.5) is 0 Å². The summed E-state index contributed by atoms with van der Waals surface area (Å²) in [7, 11) is 5.53. The summed E-state index contributed by atoms with van der Waals surface area (Å²) in [5, 5.41) is 19.6. The molecule has 1 atom stereocenters. The number of aliphatic hydroxyl groups is 1. The van der Waals surface area contributed by atoms with E-state index in [0.717, 1.165) is 0 Å². The molecule has 0 aromatic heterocycles. The lowest BCUT2D eigenvalue weighted by atomic mass is 10.2. The summed E-state index contributed by atoms with van der Waals surface area (Å²) in [6.45, 7) is 0.254. The maximum absolute atomic E-state index is 10.2. The maximum Gasteiger partial charge on any atom is 0.161 e. The summed E-state index contributed by atoms with van der Waals surface area (Å²) in [5.41, 5.74) is 0. The summed E-state index contributed by atoms with van der Waals surface area (Å²) in [6.07, 6.45) is -0.453. The second-order valence-electron chi connectivity index (χ2n) is 3.98. The van der Waals surface area contributed by atoms with Gasteiger partial charge in [-0.15, -0.1) is 12.6 Å². The van der Waals surface area contributed by atoms with Gasteiger partial charge in [0.15, 0.2) is 4.93 Å². The van der Waals surface area contributed by atoms with Gasteiger partial charge < -0.3 is 19.5 Å². The third-order valence-electron chi connectivity index (χ3n) is 1.16. The minimum Gasteiger partial charge on any atom is -0.550 e. The van der Waals surface area contributed by atoms with Crippen LogP contribution in [0, 0.1) is 0 Å². The normalized spacial score (nSPS) is 17.1. The van der Waals surface area contributed by atoms with Crippen LogP contribution in [0.5, 0.6) is 0 Å². The van der Waals surface area contributed by atoms with Crippen molar-refractivity contribution < 1.29 is 19.5 Å². The van der Waals surface area contributed by atoms with Crippen molar-refractivity contribution in [3.63, 3.8) is 0 Å². The second kappa shape index (κ2) is 3.64. The van der Waals surface area contributed by atoms with Gasteiger partial charge in [-0.05, 0) is 0 Å². The molecule has 0 saturated heterocycles. The molecule has 0 bridgehead atoms. The lowest BCUT2D eigenvalue weighted by Gasteiger charge is -2.32. The summed E-state index contributed by atoms with van der Waals surface area (Å²) < 4.78 is 0.452. The molecule has 0 radical (unpaired) electrons. The number of hydrogen-bond donors (Lipinski definition) is 2. The second-order valence-corrected chi connectivity index (χ2v) is 4.81. The Bertz CT molecular complexity index is 174. The van der Waals surface area contributed by atoms with E-state index in [2.05, 4.69) is 12.6 Å². The van der Waals surface area contributed by atoms with Gasteiger partial charge >= 0.3 is 0 Å². The van der Waals surface area contributed by atoms with Crippen molar-refractivity contribution in [3.05, 3.63) is 0 Å². The van der Waals surface area contributed by atoms with Crippen LogP contribution in [-0.4, -0.2) is 48.2 Å². The fraction of sp³-hybridized carbons (Fsp3) is 0.857. The molecule has 4 nitrogen and oxygen atoms in total. The zero-order valence-electron chi connectivity index (χ0n) is 7.57. The van der Waals surface area contributed by atoms with Gasteiger partial charge in [-0.25, -0.2) is 0 Å². The Kier molecular flexibility index (Phi) is 3.56. The molecule has 0 aliphatic rings. The first-order valence-electron chi connectivity index (χ1n) is 3.57. The largest absolute Gasteiger partial charge is 0.550 e. The number of likely N-dealkylation sites (N-methyl/N-ethyl adjacent to an activating group) is 1. The Balaban J connectivity index is 4.13. The summed E-state index contributed by atoms with van der Waals surface area (Å²) >= 11 is 3.84. The molecule has 1 unspecified atom stereocenters. The molecule has 0 amide bonds. The first kappa shape index (κ1) is 11.7. The first-order chi connectivity index (χ1) is 5.12. The Morgan fingerprint density at radius 2 is 2.00 bits per heavy atom. The third kappa shape index (κ3) is 6.45. The van der Waals surface area contributed by atoms with Gasteiger partial charge in [0.2, 0.25) is 0 Å². The van der Waals surface area contributed by atoms with Crippen molar-refractivity contribution >= 4 is 18.6 Å². The molecule has 0 fully saturated rings. The predicted octanol–water partition coefficient (Wildman–Crippen LogP) is -1.55. The number of carboxylic acids is 1. The molecule has 5 heteroatoms. The van der Waals surface area contributed by atoms with E-state index >= 15 is 0 Å². The van der Waals surface area contributed by atoms with E-state index in [1.807, 2.05) is 21.1 Å². The van der Waals surface area contributed by atoms with Crippen LogP contribution in [0.1, 0.15) is 6.42 Å². The van der Waals surface area contributed by atoms with Crippen LogP contribution in [0.3, 0.4) is 0 Å². The average Bonchev–Trinajstić information content (AvgIpc) is 1.48. The number of aliphatic carboxylic acids is 1. The van der Waals surface area contributed by atoms with Gasteiger partial charge in [-0.2, -0.15) is 0 Å². The maximum atomic E-state index is 10.2. The van der Waals surface area contributed by atoms with Crippen LogP contribution < -0.4 is 5.11 Å². The number of carbonyl (C=O) groups is 1. The van der Waals surface area contributed by atoms with E-state index < -0.39 is 17.3 Å². The molecule has 72 valence electrons. The van der Waals surface area contributed by atoms with E-state index in [-0.39, 0.29) is 6.54 Å². The van der Waals surface area contributed by atoms with E-state index in [1.54, 1.807) is 0 Å². The van der Waals surface area contributed by atoms with Crippen LogP contribution >= 0.6 is 12.6 Å². The van der Waals surface area contributed by atoms with Crippen LogP contribution in [0.25, 0.3) is 0 Å². The number of thiol groups is 1.